The van der Waals surface area contributed by atoms with E-state index < -0.39 is 0 Å². The van der Waals surface area contributed by atoms with Gasteiger partial charge < -0.3 is 15.5 Å². The number of pyridine rings is 1. The minimum absolute atomic E-state index is 0.346. The van der Waals surface area contributed by atoms with E-state index in [2.05, 4.69) is 15.7 Å². The van der Waals surface area contributed by atoms with Crippen molar-refractivity contribution >= 4 is 17.3 Å². The van der Waals surface area contributed by atoms with Gasteiger partial charge in [-0.15, -0.1) is 0 Å². The zero-order chi connectivity index (χ0) is 15.2. The number of nitrogen functional groups attached to an aromatic ring is 1. The Morgan fingerprint density at radius 2 is 2.19 bits per heavy atom. The molecule has 1 heterocycles. The van der Waals surface area contributed by atoms with Gasteiger partial charge in [-0.2, -0.15) is 5.26 Å². The molecule has 0 aliphatic carbocycles. The summed E-state index contributed by atoms with van der Waals surface area (Å²) < 4.78 is 5.16. The van der Waals surface area contributed by atoms with Crippen molar-refractivity contribution in [3.63, 3.8) is 0 Å². The van der Waals surface area contributed by atoms with Crippen LogP contribution in [0.15, 0.2) is 36.7 Å². The number of aromatic nitrogens is 1. The largest absolute Gasteiger partial charge is 0.495 e. The van der Waals surface area contributed by atoms with Crippen molar-refractivity contribution < 1.29 is 9.53 Å². The number of hydrogen-bond donors (Lipinski definition) is 3. The van der Waals surface area contributed by atoms with Crippen LogP contribution in [0.3, 0.4) is 0 Å². The molecule has 7 heteroatoms. The van der Waals surface area contributed by atoms with Gasteiger partial charge in [0.1, 0.15) is 5.75 Å². The fraction of sp³-hybridized carbons (Fsp3) is 0.0714. The maximum Gasteiger partial charge on any atom is 0.258 e. The van der Waals surface area contributed by atoms with Crippen molar-refractivity contribution in [2.45, 2.75) is 0 Å². The number of carbonyl (C=O) groups is 1. The van der Waals surface area contributed by atoms with Crippen LogP contribution in [0.5, 0.6) is 5.75 Å². The molecule has 0 unspecified atom stereocenters. The summed E-state index contributed by atoms with van der Waals surface area (Å²) in [4.78, 5) is 16.1. The van der Waals surface area contributed by atoms with Crippen molar-refractivity contribution in [3.05, 3.63) is 47.8 Å². The maximum absolute atomic E-state index is 12.3. The maximum atomic E-state index is 12.3. The number of ether oxygens (including phenoxy) is 1. The van der Waals surface area contributed by atoms with Gasteiger partial charge in [0, 0.05) is 12.3 Å². The van der Waals surface area contributed by atoms with E-state index in [4.69, 9.17) is 15.8 Å². The molecule has 0 aliphatic heterocycles. The van der Waals surface area contributed by atoms with Gasteiger partial charge in [0.05, 0.1) is 41.9 Å². The Labute approximate surface area is 121 Å². The number of methoxy groups -OCH3 is 1. The summed E-state index contributed by atoms with van der Waals surface area (Å²) in [5.41, 5.74) is 4.07. The second-order valence-corrected chi connectivity index (χ2v) is 4.05. The molecule has 1 aromatic heterocycles. The lowest BCUT2D eigenvalue weighted by Crippen LogP contribution is -2.17. The molecule has 0 atom stereocenters. The Bertz CT molecular complexity index is 709. The number of anilines is 2. The van der Waals surface area contributed by atoms with Gasteiger partial charge in [0.15, 0.2) is 0 Å². The number of nitrogens with two attached hydrogens (primary N) is 1. The molecule has 4 N–H and O–H groups in total. The van der Waals surface area contributed by atoms with E-state index in [1.54, 1.807) is 24.3 Å². The van der Waals surface area contributed by atoms with Crippen molar-refractivity contribution in [2.75, 3.05) is 17.9 Å². The molecule has 21 heavy (non-hydrogen) atoms. The third-order valence-electron chi connectivity index (χ3n) is 2.80. The highest BCUT2D eigenvalue weighted by atomic mass is 16.5. The third-order valence-corrected chi connectivity index (χ3v) is 2.80. The first-order valence-electron chi connectivity index (χ1n) is 5.99. The van der Waals surface area contributed by atoms with Crippen molar-refractivity contribution in [3.8, 4) is 11.8 Å². The summed E-state index contributed by atoms with van der Waals surface area (Å²) >= 11 is 0. The zero-order valence-electron chi connectivity index (χ0n) is 11.3. The van der Waals surface area contributed by atoms with Gasteiger partial charge in [-0.1, -0.05) is 0 Å². The number of carbonyl (C=O) groups excluding carboxylic acids is 1. The third kappa shape index (κ3) is 3.08. The molecule has 0 saturated heterocycles. The van der Waals surface area contributed by atoms with E-state index >= 15 is 0 Å². The molecular weight excluding hydrogens is 270 g/mol. The molecule has 2 rings (SSSR count). The molecule has 1 amide bonds. The van der Waals surface area contributed by atoms with Crippen LogP contribution in [-0.2, 0) is 0 Å². The fourth-order valence-electron chi connectivity index (χ4n) is 1.76. The van der Waals surface area contributed by atoms with E-state index in [-0.39, 0.29) is 5.91 Å². The molecule has 0 aliphatic rings. The predicted octanol–water partition coefficient (Wildman–Crippen LogP) is 1.50. The van der Waals surface area contributed by atoms with Gasteiger partial charge in [-0.25, -0.2) is 0 Å². The molecular formula is C14H13N5O2. The second kappa shape index (κ2) is 6.36. The zero-order valence-corrected chi connectivity index (χ0v) is 11.3. The highest BCUT2D eigenvalue weighted by Gasteiger charge is 2.13. The number of nitrogens with zero attached hydrogens (tertiary/aromatic N) is 2. The smallest absolute Gasteiger partial charge is 0.258 e. The Morgan fingerprint density at radius 1 is 1.38 bits per heavy atom. The highest BCUT2D eigenvalue weighted by Crippen LogP contribution is 2.26. The first-order chi connectivity index (χ1) is 10.2. The van der Waals surface area contributed by atoms with Crippen LogP contribution < -0.4 is 21.3 Å². The fourth-order valence-corrected chi connectivity index (χ4v) is 1.76. The van der Waals surface area contributed by atoms with Crippen LogP contribution in [0, 0.1) is 11.3 Å². The van der Waals surface area contributed by atoms with Gasteiger partial charge in [0.2, 0.25) is 0 Å². The standard InChI is InChI=1S/C14H13N5O2/c1-21-13-6-9(7-15)2-3-11(13)18-14(20)10-4-5-17-8-12(10)19-16/h2-6,8,19H,16H2,1H3,(H,18,20). The predicted molar refractivity (Wildman–Crippen MR) is 77.7 cm³/mol. The number of rotatable bonds is 4. The Balaban J connectivity index is 2.30. The number of amides is 1. The van der Waals surface area contributed by atoms with Gasteiger partial charge in [-0.05, 0) is 18.2 Å². The monoisotopic (exact) mass is 283 g/mol. The van der Waals surface area contributed by atoms with Crippen molar-refractivity contribution in [2.24, 2.45) is 5.84 Å². The average Bonchev–Trinajstić information content (AvgIpc) is 2.55. The van der Waals surface area contributed by atoms with Gasteiger partial charge >= 0.3 is 0 Å². The van der Waals surface area contributed by atoms with E-state index in [1.165, 1.54) is 19.5 Å². The number of benzene rings is 1. The minimum Gasteiger partial charge on any atom is -0.495 e. The summed E-state index contributed by atoms with van der Waals surface area (Å²) in [6.07, 6.45) is 2.94. The summed E-state index contributed by atoms with van der Waals surface area (Å²) in [5, 5.41) is 11.6. The Hall–Kier alpha value is -3.11. The summed E-state index contributed by atoms with van der Waals surface area (Å²) in [5.74, 6) is 5.38. The van der Waals surface area contributed by atoms with Crippen LogP contribution in [0.25, 0.3) is 0 Å². The normalized spacial score (nSPS) is 9.57. The lowest BCUT2D eigenvalue weighted by atomic mass is 10.1. The molecule has 0 radical (unpaired) electrons. The Kier molecular flexibility index (Phi) is 4.33. The number of hydrazine groups is 1. The number of hydrogen-bond acceptors (Lipinski definition) is 6. The van der Waals surface area contributed by atoms with E-state index in [0.717, 1.165) is 0 Å². The summed E-state index contributed by atoms with van der Waals surface area (Å²) in [6, 6.07) is 8.29. The highest BCUT2D eigenvalue weighted by molar-refractivity contribution is 6.08. The Morgan fingerprint density at radius 3 is 2.86 bits per heavy atom. The van der Waals surface area contributed by atoms with Crippen LogP contribution in [0.2, 0.25) is 0 Å². The molecule has 0 fully saturated rings. The van der Waals surface area contributed by atoms with E-state index in [0.29, 0.717) is 28.3 Å². The molecule has 0 spiro atoms. The minimum atomic E-state index is -0.367. The topological polar surface area (TPSA) is 113 Å². The van der Waals surface area contributed by atoms with E-state index in [9.17, 15) is 4.79 Å². The van der Waals surface area contributed by atoms with Crippen LogP contribution in [0.1, 0.15) is 15.9 Å². The second-order valence-electron chi connectivity index (χ2n) is 4.05. The first-order valence-corrected chi connectivity index (χ1v) is 5.99. The van der Waals surface area contributed by atoms with Crippen LogP contribution >= 0.6 is 0 Å². The molecule has 106 valence electrons. The number of nitriles is 1. The van der Waals surface area contributed by atoms with Crippen molar-refractivity contribution in [1.82, 2.24) is 4.98 Å². The first kappa shape index (κ1) is 14.3. The summed E-state index contributed by atoms with van der Waals surface area (Å²) in [6.45, 7) is 0. The van der Waals surface area contributed by atoms with Gasteiger partial charge in [0.25, 0.3) is 5.91 Å². The molecule has 0 bridgehead atoms. The number of nitrogens with one attached hydrogen (secondary N) is 2. The SMILES string of the molecule is COc1cc(C#N)ccc1NC(=O)c1ccncc1NN. The van der Waals surface area contributed by atoms with Gasteiger partial charge in [-0.3, -0.25) is 15.6 Å². The van der Waals surface area contributed by atoms with Crippen molar-refractivity contribution in [1.29, 1.82) is 5.26 Å². The molecule has 7 nitrogen and oxygen atoms in total. The van der Waals surface area contributed by atoms with Crippen LogP contribution in [0.4, 0.5) is 11.4 Å². The average molecular weight is 283 g/mol. The summed E-state index contributed by atoms with van der Waals surface area (Å²) in [7, 11) is 1.46. The lowest BCUT2D eigenvalue weighted by Gasteiger charge is -2.12. The lowest BCUT2D eigenvalue weighted by molar-refractivity contribution is 0.102. The van der Waals surface area contributed by atoms with E-state index in [1.807, 2.05) is 6.07 Å². The molecule has 0 saturated carbocycles. The van der Waals surface area contributed by atoms with Crippen LogP contribution in [-0.4, -0.2) is 18.0 Å². The quantitative estimate of drug-likeness (QED) is 0.579. The molecule has 2 aromatic rings. The molecule has 1 aromatic carbocycles.